The summed E-state index contributed by atoms with van der Waals surface area (Å²) in [7, 11) is 0. The third-order valence-electron chi connectivity index (χ3n) is 6.48. The first-order chi connectivity index (χ1) is 19.0. The third-order valence-corrected chi connectivity index (χ3v) is 6.69. The van der Waals surface area contributed by atoms with E-state index in [0.717, 1.165) is 6.07 Å². The van der Waals surface area contributed by atoms with Gasteiger partial charge in [0.25, 0.3) is 5.60 Å². The molecule has 0 N–H and O–H groups in total. The van der Waals surface area contributed by atoms with Crippen LogP contribution in [0.1, 0.15) is 52.7 Å². The van der Waals surface area contributed by atoms with E-state index in [9.17, 15) is 44.3 Å². The first-order valence-corrected chi connectivity index (χ1v) is 12.4. The van der Waals surface area contributed by atoms with Gasteiger partial charge in [0.2, 0.25) is 0 Å². The Balaban J connectivity index is 1.62. The number of carbonyl (C=O) groups is 1. The number of hydrogen-bond donors (Lipinski definition) is 0. The highest BCUT2D eigenvalue weighted by atomic mass is 35.5. The Morgan fingerprint density at radius 3 is 2.24 bits per heavy atom. The number of ketones is 1. The average molecular weight is 608 g/mol. The standard InChI is InChI=1S/C28H19ClF9NO2/c29-19-13-17(12-18(14-19)27(33,34)35)25(28(36,37)38)15-20(39-41-25)9-7-16-8-10-23(22-5-2-1-4-21(16)22)24(40)6-3-11-26(30,31)32/h1-2,4-5,7-10,12-14H,3,6,11,15H2/b9-7+. The summed E-state index contributed by atoms with van der Waals surface area (Å²) in [6.45, 7) is 0. The van der Waals surface area contributed by atoms with E-state index in [1.807, 2.05) is 0 Å². The monoisotopic (exact) mass is 607 g/mol. The number of carbonyl (C=O) groups excluding carboxylic acids is 1. The number of benzene rings is 3. The summed E-state index contributed by atoms with van der Waals surface area (Å²) in [5, 5.41) is 3.85. The molecule has 218 valence electrons. The molecule has 1 aliphatic heterocycles. The normalized spacial score (nSPS) is 18.1. The van der Waals surface area contributed by atoms with Crippen LogP contribution in [0.25, 0.3) is 16.8 Å². The minimum absolute atomic E-state index is 0.193. The smallest absolute Gasteiger partial charge is 0.374 e. The first-order valence-electron chi connectivity index (χ1n) is 12.0. The average Bonchev–Trinajstić information content (AvgIpc) is 3.31. The van der Waals surface area contributed by atoms with Gasteiger partial charge in [-0.25, -0.2) is 0 Å². The van der Waals surface area contributed by atoms with E-state index < -0.39 is 58.9 Å². The molecule has 13 heteroatoms. The zero-order valence-electron chi connectivity index (χ0n) is 20.7. The fraction of sp³-hybridized carbons (Fsp3) is 0.286. The largest absolute Gasteiger partial charge is 0.435 e. The number of fused-ring (bicyclic) bond motifs is 1. The first kappa shape index (κ1) is 30.4. The highest BCUT2D eigenvalue weighted by Gasteiger charge is 2.62. The minimum Gasteiger partial charge on any atom is -0.374 e. The summed E-state index contributed by atoms with van der Waals surface area (Å²) in [5.74, 6) is -0.496. The molecular formula is C28H19ClF9NO2. The molecule has 4 rings (SSSR count). The Labute approximate surface area is 232 Å². The van der Waals surface area contributed by atoms with E-state index in [0.29, 0.717) is 28.5 Å². The van der Waals surface area contributed by atoms with E-state index >= 15 is 0 Å². The van der Waals surface area contributed by atoms with Crippen LogP contribution in [-0.4, -0.2) is 23.8 Å². The van der Waals surface area contributed by atoms with E-state index in [4.69, 9.17) is 16.4 Å². The van der Waals surface area contributed by atoms with Gasteiger partial charge in [-0.15, -0.1) is 0 Å². The Hall–Kier alpha value is -3.54. The van der Waals surface area contributed by atoms with Crippen LogP contribution in [0.15, 0.2) is 65.8 Å². The van der Waals surface area contributed by atoms with Crippen LogP contribution < -0.4 is 0 Å². The Bertz CT molecular complexity index is 1520. The second-order valence-electron chi connectivity index (χ2n) is 9.37. The van der Waals surface area contributed by atoms with Gasteiger partial charge in [-0.05, 0) is 47.0 Å². The van der Waals surface area contributed by atoms with Crippen molar-refractivity contribution in [1.82, 2.24) is 0 Å². The minimum atomic E-state index is -5.17. The number of Topliss-reactive ketones (excluding diaryl/α,β-unsaturated/α-hetero) is 1. The predicted molar refractivity (Wildman–Crippen MR) is 135 cm³/mol. The van der Waals surface area contributed by atoms with Crippen molar-refractivity contribution in [2.45, 2.75) is 49.8 Å². The quantitative estimate of drug-likeness (QED) is 0.198. The Morgan fingerprint density at radius 2 is 1.61 bits per heavy atom. The molecule has 1 atom stereocenters. The molecule has 3 aromatic carbocycles. The lowest BCUT2D eigenvalue weighted by molar-refractivity contribution is -0.276. The van der Waals surface area contributed by atoms with Crippen LogP contribution in [0, 0.1) is 0 Å². The van der Waals surface area contributed by atoms with Crippen molar-refractivity contribution in [2.24, 2.45) is 5.16 Å². The number of hydrogen-bond acceptors (Lipinski definition) is 3. The number of rotatable bonds is 7. The van der Waals surface area contributed by atoms with E-state index in [2.05, 4.69) is 5.16 Å². The fourth-order valence-electron chi connectivity index (χ4n) is 4.48. The van der Waals surface area contributed by atoms with E-state index in [1.54, 1.807) is 24.3 Å². The van der Waals surface area contributed by atoms with Gasteiger partial charge in [0, 0.05) is 35.4 Å². The highest BCUT2D eigenvalue weighted by Crippen LogP contribution is 2.49. The van der Waals surface area contributed by atoms with Gasteiger partial charge in [0.05, 0.1) is 11.3 Å². The van der Waals surface area contributed by atoms with E-state index in [1.165, 1.54) is 24.3 Å². The number of oxime groups is 1. The van der Waals surface area contributed by atoms with Crippen molar-refractivity contribution in [3.8, 4) is 0 Å². The summed E-state index contributed by atoms with van der Waals surface area (Å²) in [6, 6.07) is 10.9. The van der Waals surface area contributed by atoms with Crippen LogP contribution >= 0.6 is 11.6 Å². The molecule has 0 radical (unpaired) electrons. The molecule has 0 saturated heterocycles. The Kier molecular flexibility index (Phi) is 8.19. The van der Waals surface area contributed by atoms with Gasteiger partial charge < -0.3 is 4.84 Å². The summed E-state index contributed by atoms with van der Waals surface area (Å²) in [4.78, 5) is 17.4. The second kappa shape index (κ2) is 11.0. The van der Waals surface area contributed by atoms with Gasteiger partial charge >= 0.3 is 18.5 Å². The van der Waals surface area contributed by atoms with Crippen molar-refractivity contribution in [3.63, 3.8) is 0 Å². The number of nitrogens with zero attached hydrogens (tertiary/aromatic N) is 1. The summed E-state index contributed by atoms with van der Waals surface area (Å²) >= 11 is 5.71. The predicted octanol–water partition coefficient (Wildman–Crippen LogP) is 9.67. The second-order valence-corrected chi connectivity index (χ2v) is 9.81. The number of alkyl halides is 9. The molecular weight excluding hydrogens is 589 g/mol. The maximum Gasteiger partial charge on any atom is 0.435 e. The molecule has 41 heavy (non-hydrogen) atoms. The zero-order valence-corrected chi connectivity index (χ0v) is 21.5. The van der Waals surface area contributed by atoms with Crippen molar-refractivity contribution < 1.29 is 49.1 Å². The topological polar surface area (TPSA) is 38.7 Å². The molecule has 0 amide bonds. The molecule has 0 fully saturated rings. The molecule has 0 bridgehead atoms. The molecule has 0 saturated carbocycles. The fourth-order valence-corrected chi connectivity index (χ4v) is 4.72. The SMILES string of the molecule is O=C(CCCC(F)(F)F)c1ccc(/C=C/C2=NOC(c3cc(Cl)cc(C(F)(F)F)c3)(C(F)(F)F)C2)c2ccccc12. The van der Waals surface area contributed by atoms with Crippen LogP contribution in [0.2, 0.25) is 5.02 Å². The molecule has 0 spiro atoms. The summed E-state index contributed by atoms with van der Waals surface area (Å²) < 4.78 is 120. The van der Waals surface area contributed by atoms with Crippen LogP contribution in [0.3, 0.4) is 0 Å². The van der Waals surface area contributed by atoms with Gasteiger partial charge in [-0.2, -0.15) is 39.5 Å². The lowest BCUT2D eigenvalue weighted by atomic mass is 9.87. The molecule has 1 unspecified atom stereocenters. The third kappa shape index (κ3) is 6.69. The number of halogens is 10. The molecule has 3 aromatic rings. The van der Waals surface area contributed by atoms with Crippen molar-refractivity contribution in [2.75, 3.05) is 0 Å². The number of allylic oxidation sites excluding steroid dienone is 1. The van der Waals surface area contributed by atoms with Crippen LogP contribution in [0.4, 0.5) is 39.5 Å². The molecule has 1 heterocycles. The molecule has 0 aromatic heterocycles. The lowest BCUT2D eigenvalue weighted by Crippen LogP contribution is -2.42. The van der Waals surface area contributed by atoms with Crippen LogP contribution in [-0.2, 0) is 16.6 Å². The molecule has 1 aliphatic rings. The van der Waals surface area contributed by atoms with Crippen LogP contribution in [0.5, 0.6) is 0 Å². The summed E-state index contributed by atoms with van der Waals surface area (Å²) in [5.41, 5.74) is -5.05. The molecule has 3 nitrogen and oxygen atoms in total. The lowest BCUT2D eigenvalue weighted by Gasteiger charge is -2.30. The van der Waals surface area contributed by atoms with Gasteiger partial charge in [0.1, 0.15) is 0 Å². The summed E-state index contributed by atoms with van der Waals surface area (Å²) in [6.07, 6.45) is -14.7. The zero-order chi connectivity index (χ0) is 30.2. The highest BCUT2D eigenvalue weighted by molar-refractivity contribution is 6.30. The Morgan fingerprint density at radius 1 is 0.927 bits per heavy atom. The van der Waals surface area contributed by atoms with Gasteiger partial charge in [0.15, 0.2) is 5.78 Å². The van der Waals surface area contributed by atoms with Gasteiger partial charge in [-0.1, -0.05) is 59.2 Å². The maximum absolute atomic E-state index is 14.2. The van der Waals surface area contributed by atoms with E-state index in [-0.39, 0.29) is 24.1 Å². The molecule has 0 aliphatic carbocycles. The van der Waals surface area contributed by atoms with Gasteiger partial charge in [-0.3, -0.25) is 4.79 Å². The van der Waals surface area contributed by atoms with Crippen molar-refractivity contribution >= 4 is 39.9 Å². The van der Waals surface area contributed by atoms with Crippen molar-refractivity contribution in [3.05, 3.63) is 87.9 Å². The maximum atomic E-state index is 14.2. The van der Waals surface area contributed by atoms with Crippen molar-refractivity contribution in [1.29, 1.82) is 0 Å².